The van der Waals surface area contributed by atoms with Crippen LogP contribution in [-0.2, 0) is 9.84 Å². The number of carbonyl (C=O) groups excluding carboxylic acids is 1. The number of sulfone groups is 1. The predicted molar refractivity (Wildman–Crippen MR) is 98.6 cm³/mol. The molecular weight excluding hydrogens is 404 g/mol. The summed E-state index contributed by atoms with van der Waals surface area (Å²) >= 11 is 0. The van der Waals surface area contributed by atoms with E-state index in [1.165, 1.54) is 41.6 Å². The highest BCUT2D eigenvalue weighted by Gasteiger charge is 2.54. The minimum absolute atomic E-state index is 0.0278. The molecular formula is C18H17F2N5O3S. The molecule has 2 amide bonds. The fraction of sp³-hybridized carbons (Fsp3) is 0.333. The van der Waals surface area contributed by atoms with Crippen molar-refractivity contribution in [3.05, 3.63) is 48.3 Å². The maximum absolute atomic E-state index is 14.9. The Kier molecular flexibility index (Phi) is 5.74. The number of likely N-dealkylation sites (tertiary alicyclic amines) is 1. The molecule has 1 fully saturated rings. The predicted octanol–water partition coefficient (Wildman–Crippen LogP) is 2.66. The van der Waals surface area contributed by atoms with Crippen LogP contribution >= 0.6 is 0 Å². The van der Waals surface area contributed by atoms with Crippen molar-refractivity contribution in [1.29, 1.82) is 5.26 Å². The first-order valence-electron chi connectivity index (χ1n) is 8.71. The highest BCUT2D eigenvalue weighted by atomic mass is 32.2. The summed E-state index contributed by atoms with van der Waals surface area (Å²) in [5, 5.41) is 14.8. The number of nitrogens with one attached hydrogen (secondary N) is 1. The van der Waals surface area contributed by atoms with E-state index in [2.05, 4.69) is 15.5 Å². The van der Waals surface area contributed by atoms with Crippen LogP contribution in [0.4, 0.5) is 19.3 Å². The minimum atomic E-state index is -5.06. The summed E-state index contributed by atoms with van der Waals surface area (Å²) in [6, 6.07) is 7.58. The van der Waals surface area contributed by atoms with Gasteiger partial charge < -0.3 is 10.2 Å². The molecule has 1 aromatic carbocycles. The molecule has 29 heavy (non-hydrogen) atoms. The lowest BCUT2D eigenvalue weighted by atomic mass is 9.97. The molecule has 1 N–H and O–H groups in total. The van der Waals surface area contributed by atoms with E-state index in [0.29, 0.717) is 5.69 Å². The molecule has 0 unspecified atom stereocenters. The van der Waals surface area contributed by atoms with E-state index in [4.69, 9.17) is 5.26 Å². The maximum atomic E-state index is 14.9. The summed E-state index contributed by atoms with van der Waals surface area (Å²) in [5.74, 6) is -1.47. The number of benzene rings is 1. The molecule has 1 saturated heterocycles. The summed E-state index contributed by atoms with van der Waals surface area (Å²) in [6.07, 6.45) is 2.36. The third-order valence-corrected chi connectivity index (χ3v) is 6.73. The van der Waals surface area contributed by atoms with E-state index in [1.54, 1.807) is 6.07 Å². The quantitative estimate of drug-likeness (QED) is 0.811. The monoisotopic (exact) mass is 421 g/mol. The number of hydrogen-bond acceptors (Lipinski definition) is 6. The van der Waals surface area contributed by atoms with E-state index in [0.717, 1.165) is 6.07 Å². The molecule has 0 radical (unpaired) electrons. The molecule has 0 aliphatic carbocycles. The zero-order valence-corrected chi connectivity index (χ0v) is 15.9. The number of anilines is 1. The number of piperidine rings is 1. The lowest BCUT2D eigenvalue weighted by Crippen LogP contribution is -2.47. The second kappa shape index (κ2) is 8.08. The zero-order valence-electron chi connectivity index (χ0n) is 15.1. The molecule has 0 atom stereocenters. The Labute approximate surface area is 166 Å². The van der Waals surface area contributed by atoms with Gasteiger partial charge in [-0.3, -0.25) is 0 Å². The summed E-state index contributed by atoms with van der Waals surface area (Å²) in [4.78, 5) is 12.9. The zero-order chi connectivity index (χ0) is 21.1. The van der Waals surface area contributed by atoms with Crippen molar-refractivity contribution in [1.82, 2.24) is 15.1 Å². The van der Waals surface area contributed by atoms with Gasteiger partial charge in [-0.25, -0.2) is 13.2 Å². The average Bonchev–Trinajstić information content (AvgIpc) is 2.74. The Morgan fingerprint density at radius 1 is 1.21 bits per heavy atom. The van der Waals surface area contributed by atoms with Crippen molar-refractivity contribution in [3.63, 3.8) is 0 Å². The maximum Gasteiger partial charge on any atom is 0.352 e. The van der Waals surface area contributed by atoms with E-state index in [9.17, 15) is 22.0 Å². The highest BCUT2D eigenvalue weighted by Crippen LogP contribution is 2.41. The van der Waals surface area contributed by atoms with Crippen molar-refractivity contribution < 1.29 is 22.0 Å². The molecule has 1 aromatic heterocycles. The molecule has 11 heteroatoms. The van der Waals surface area contributed by atoms with Gasteiger partial charge in [0.25, 0.3) is 0 Å². The number of rotatable bonds is 4. The molecule has 1 aliphatic rings. The van der Waals surface area contributed by atoms with Crippen LogP contribution in [0, 0.1) is 17.2 Å². The number of carbonyl (C=O) groups is 1. The summed E-state index contributed by atoms with van der Waals surface area (Å²) < 4.78 is 55.0. The van der Waals surface area contributed by atoms with Crippen LogP contribution in [-0.4, -0.2) is 47.9 Å². The molecule has 8 nitrogen and oxygen atoms in total. The lowest BCUT2D eigenvalue weighted by molar-refractivity contribution is 0.000412. The molecule has 0 saturated carbocycles. The first-order valence-corrected chi connectivity index (χ1v) is 10.2. The molecule has 152 valence electrons. The molecule has 0 spiro atoms. The van der Waals surface area contributed by atoms with Crippen molar-refractivity contribution in [2.75, 3.05) is 18.4 Å². The minimum Gasteiger partial charge on any atom is -0.325 e. The van der Waals surface area contributed by atoms with E-state index >= 15 is 0 Å². The first-order chi connectivity index (χ1) is 13.8. The van der Waals surface area contributed by atoms with Gasteiger partial charge in [0.2, 0.25) is 9.84 Å². The lowest BCUT2D eigenvalue weighted by Gasteiger charge is -2.35. The highest BCUT2D eigenvalue weighted by molar-refractivity contribution is 7.92. The number of halogens is 2. The fourth-order valence-corrected chi connectivity index (χ4v) is 4.77. The van der Waals surface area contributed by atoms with Crippen molar-refractivity contribution in [3.8, 4) is 6.07 Å². The number of nitrogens with zero attached hydrogens (tertiary/aromatic N) is 4. The Hall–Kier alpha value is -3.13. The standard InChI is InChI=1S/C18H17F2N5O3S/c19-18(20,29(27,28)16-4-2-1-3-13(16)11-21)14-6-9-25(10-7-14)17(26)24-15-5-8-22-23-12-15/h1-5,8,12,14H,6-7,9-10H2,(H,22,24,26). The van der Waals surface area contributed by atoms with Crippen LogP contribution in [0.2, 0.25) is 0 Å². The van der Waals surface area contributed by atoms with Gasteiger partial charge in [0.1, 0.15) is 6.07 Å². The van der Waals surface area contributed by atoms with Gasteiger partial charge in [-0.15, -0.1) is 0 Å². The summed E-state index contributed by atoms with van der Waals surface area (Å²) in [6.45, 7) is -0.0555. The molecule has 3 rings (SSSR count). The topological polar surface area (TPSA) is 116 Å². The van der Waals surface area contributed by atoms with Gasteiger partial charge in [0.05, 0.1) is 28.5 Å². The van der Waals surface area contributed by atoms with Gasteiger partial charge in [-0.2, -0.15) is 24.2 Å². The second-order valence-corrected chi connectivity index (χ2v) is 8.49. The fourth-order valence-electron chi connectivity index (χ4n) is 3.15. The number of urea groups is 1. The number of nitriles is 1. The average molecular weight is 421 g/mol. The Morgan fingerprint density at radius 2 is 1.90 bits per heavy atom. The second-order valence-electron chi connectivity index (χ2n) is 6.50. The van der Waals surface area contributed by atoms with Crippen molar-refractivity contribution >= 4 is 21.6 Å². The number of alkyl halides is 2. The van der Waals surface area contributed by atoms with Crippen LogP contribution in [0.1, 0.15) is 18.4 Å². The van der Waals surface area contributed by atoms with E-state index < -0.39 is 31.9 Å². The Morgan fingerprint density at radius 3 is 2.52 bits per heavy atom. The largest absolute Gasteiger partial charge is 0.352 e. The summed E-state index contributed by atoms with van der Waals surface area (Å²) in [7, 11) is -5.06. The SMILES string of the molecule is N#Cc1ccccc1S(=O)(=O)C(F)(F)C1CCN(C(=O)Nc2ccnnc2)CC1. The first kappa shape index (κ1) is 20.6. The number of hydrogen-bond donors (Lipinski definition) is 1. The van der Waals surface area contributed by atoms with Crippen LogP contribution in [0.3, 0.4) is 0 Å². The number of amides is 2. The van der Waals surface area contributed by atoms with Gasteiger partial charge in [-0.1, -0.05) is 12.1 Å². The van der Waals surface area contributed by atoms with Gasteiger partial charge in [-0.05, 0) is 31.0 Å². The normalized spacial score (nSPS) is 15.6. The molecule has 2 aromatic rings. The number of aromatic nitrogens is 2. The summed E-state index contributed by atoms with van der Waals surface area (Å²) in [5.41, 5.74) is 0.0862. The van der Waals surface area contributed by atoms with Crippen molar-refractivity contribution in [2.45, 2.75) is 23.0 Å². The van der Waals surface area contributed by atoms with Gasteiger partial charge >= 0.3 is 11.3 Å². The third-order valence-electron chi connectivity index (χ3n) is 4.75. The van der Waals surface area contributed by atoms with Crippen molar-refractivity contribution in [2.24, 2.45) is 5.92 Å². The Bertz CT molecular complexity index is 1030. The molecule has 0 bridgehead atoms. The van der Waals surface area contributed by atoms with Crippen LogP contribution < -0.4 is 5.32 Å². The van der Waals surface area contributed by atoms with Crippen LogP contribution in [0.5, 0.6) is 0 Å². The van der Waals surface area contributed by atoms with Crippen LogP contribution in [0.15, 0.2) is 47.6 Å². The van der Waals surface area contributed by atoms with E-state index in [1.807, 2.05) is 0 Å². The molecule has 1 aliphatic heterocycles. The van der Waals surface area contributed by atoms with Gasteiger partial charge in [0.15, 0.2) is 0 Å². The third kappa shape index (κ3) is 4.02. The Balaban J connectivity index is 1.71. The van der Waals surface area contributed by atoms with E-state index in [-0.39, 0.29) is 31.5 Å². The smallest absolute Gasteiger partial charge is 0.325 e. The van der Waals surface area contributed by atoms with Gasteiger partial charge in [0, 0.05) is 19.0 Å². The van der Waals surface area contributed by atoms with Crippen LogP contribution in [0.25, 0.3) is 0 Å². The molecule has 2 heterocycles.